The third kappa shape index (κ3) is 7.40. The summed E-state index contributed by atoms with van der Waals surface area (Å²) in [6, 6.07) is 0. The molecule has 3 heteroatoms. The van der Waals surface area contributed by atoms with Gasteiger partial charge >= 0.3 is 0 Å². The molecule has 0 spiro atoms. The van der Waals surface area contributed by atoms with Gasteiger partial charge in [-0.05, 0) is 12.8 Å². The molecule has 2 nitrogen and oxygen atoms in total. The van der Waals surface area contributed by atoms with E-state index in [0.29, 0.717) is 18.8 Å². The molecule has 0 unspecified atom stereocenters. The van der Waals surface area contributed by atoms with E-state index in [1.165, 1.54) is 0 Å². The molecule has 64 valence electrons. The van der Waals surface area contributed by atoms with Crippen molar-refractivity contribution in [3.8, 4) is 0 Å². The highest BCUT2D eigenvalue weighted by Crippen LogP contribution is 1.91. The summed E-state index contributed by atoms with van der Waals surface area (Å²) in [5.74, 6) is 0.627. The number of hydrogen-bond donors (Lipinski definition) is 1. The third-order valence-corrected chi connectivity index (χ3v) is 1.48. The molecule has 0 bridgehead atoms. The topological polar surface area (TPSA) is 29.1 Å². The first kappa shape index (κ1) is 10.5. The molecule has 1 amide bonds. The molecule has 0 fully saturated rings. The van der Waals surface area contributed by atoms with Crippen LogP contribution in [0.3, 0.4) is 0 Å². The van der Waals surface area contributed by atoms with Crippen LogP contribution < -0.4 is 5.32 Å². The lowest BCUT2D eigenvalue weighted by Crippen LogP contribution is -2.23. The summed E-state index contributed by atoms with van der Waals surface area (Å²) in [5.41, 5.74) is 0. The zero-order valence-corrected chi connectivity index (χ0v) is 7.36. The Morgan fingerprint density at radius 3 is 2.91 bits per heavy atom. The van der Waals surface area contributed by atoms with Crippen LogP contribution in [0.5, 0.6) is 0 Å². The first-order valence-electron chi connectivity index (χ1n) is 3.74. The van der Waals surface area contributed by atoms with E-state index in [0.717, 1.165) is 12.8 Å². The van der Waals surface area contributed by atoms with Crippen molar-refractivity contribution >= 4 is 17.5 Å². The van der Waals surface area contributed by atoms with Gasteiger partial charge in [0, 0.05) is 18.8 Å². The lowest BCUT2D eigenvalue weighted by atomic mass is 10.3. The third-order valence-electron chi connectivity index (χ3n) is 1.21. The highest BCUT2D eigenvalue weighted by molar-refractivity contribution is 6.17. The lowest BCUT2D eigenvalue weighted by Gasteiger charge is -2.00. The van der Waals surface area contributed by atoms with Crippen molar-refractivity contribution in [3.63, 3.8) is 0 Å². The summed E-state index contributed by atoms with van der Waals surface area (Å²) in [6.07, 6.45) is 3.89. The van der Waals surface area contributed by atoms with Gasteiger partial charge in [0.1, 0.15) is 0 Å². The van der Waals surface area contributed by atoms with E-state index < -0.39 is 0 Å². The zero-order valence-electron chi connectivity index (χ0n) is 6.61. The zero-order chi connectivity index (χ0) is 8.53. The number of halogens is 1. The Morgan fingerprint density at radius 2 is 2.36 bits per heavy atom. The van der Waals surface area contributed by atoms with Crippen molar-refractivity contribution in [3.05, 3.63) is 12.7 Å². The summed E-state index contributed by atoms with van der Waals surface area (Å²) >= 11 is 5.41. The van der Waals surface area contributed by atoms with Gasteiger partial charge in [-0.2, -0.15) is 0 Å². The molecule has 0 aromatic rings. The first-order chi connectivity index (χ1) is 5.31. The molecule has 11 heavy (non-hydrogen) atoms. The van der Waals surface area contributed by atoms with Gasteiger partial charge in [-0.3, -0.25) is 4.79 Å². The Bertz CT molecular complexity index is 125. The van der Waals surface area contributed by atoms with Crippen LogP contribution in [0, 0.1) is 0 Å². The second-order valence-electron chi connectivity index (χ2n) is 2.22. The monoisotopic (exact) mass is 175 g/mol. The molecule has 0 aromatic carbocycles. The van der Waals surface area contributed by atoms with Gasteiger partial charge in [0.15, 0.2) is 0 Å². The number of carbonyl (C=O) groups is 1. The van der Waals surface area contributed by atoms with Gasteiger partial charge in [0.05, 0.1) is 0 Å². The second-order valence-corrected chi connectivity index (χ2v) is 2.60. The van der Waals surface area contributed by atoms with Gasteiger partial charge in [0.25, 0.3) is 0 Å². The number of rotatable bonds is 6. The maximum Gasteiger partial charge on any atom is 0.220 e. The fourth-order valence-electron chi connectivity index (χ4n) is 0.629. The van der Waals surface area contributed by atoms with Crippen LogP contribution in [-0.4, -0.2) is 18.3 Å². The van der Waals surface area contributed by atoms with Crippen molar-refractivity contribution < 1.29 is 4.79 Å². The molecule has 0 aliphatic carbocycles. The molecular weight excluding hydrogens is 162 g/mol. The molecule has 0 aliphatic heterocycles. The number of alkyl halides is 1. The highest BCUT2D eigenvalue weighted by Gasteiger charge is 1.97. The van der Waals surface area contributed by atoms with E-state index in [4.69, 9.17) is 11.6 Å². The van der Waals surface area contributed by atoms with Crippen LogP contribution >= 0.6 is 11.6 Å². The molecule has 0 saturated carbocycles. The Morgan fingerprint density at radius 1 is 1.64 bits per heavy atom. The smallest absolute Gasteiger partial charge is 0.220 e. The Kier molecular flexibility index (Phi) is 7.26. The molecular formula is C8H14ClNO. The molecule has 0 saturated heterocycles. The fourth-order valence-corrected chi connectivity index (χ4v) is 0.763. The van der Waals surface area contributed by atoms with Crippen molar-refractivity contribution in [2.24, 2.45) is 0 Å². The predicted molar refractivity (Wildman–Crippen MR) is 47.8 cm³/mol. The predicted octanol–water partition coefficient (Wildman–Crippen LogP) is 1.70. The van der Waals surface area contributed by atoms with Crippen molar-refractivity contribution in [2.45, 2.75) is 19.3 Å². The molecule has 0 atom stereocenters. The number of amides is 1. The van der Waals surface area contributed by atoms with Gasteiger partial charge in [-0.1, -0.05) is 6.08 Å². The normalized spacial score (nSPS) is 9.18. The first-order valence-corrected chi connectivity index (χ1v) is 4.28. The summed E-state index contributed by atoms with van der Waals surface area (Å²) in [6.45, 7) is 4.23. The minimum absolute atomic E-state index is 0.0764. The summed E-state index contributed by atoms with van der Waals surface area (Å²) in [5, 5.41) is 2.75. The SMILES string of the molecule is C=CCCNC(=O)CCCCl. The molecule has 0 rings (SSSR count). The van der Waals surface area contributed by atoms with E-state index in [1.807, 2.05) is 0 Å². The summed E-state index contributed by atoms with van der Waals surface area (Å²) in [7, 11) is 0. The standard InChI is InChI=1S/C8H14ClNO/c1-2-3-7-10-8(11)5-4-6-9/h2H,1,3-7H2,(H,10,11). The Hall–Kier alpha value is -0.500. The number of carbonyl (C=O) groups excluding carboxylic acids is 1. The second kappa shape index (κ2) is 7.61. The molecule has 1 N–H and O–H groups in total. The molecule has 0 aliphatic rings. The summed E-state index contributed by atoms with van der Waals surface area (Å²) < 4.78 is 0. The largest absolute Gasteiger partial charge is 0.356 e. The van der Waals surface area contributed by atoms with Crippen LogP contribution in [0.1, 0.15) is 19.3 Å². The van der Waals surface area contributed by atoms with E-state index in [9.17, 15) is 4.79 Å². The summed E-state index contributed by atoms with van der Waals surface area (Å²) in [4.78, 5) is 10.9. The van der Waals surface area contributed by atoms with Gasteiger partial charge in [-0.25, -0.2) is 0 Å². The van der Waals surface area contributed by atoms with E-state index in [2.05, 4.69) is 11.9 Å². The van der Waals surface area contributed by atoms with Crippen LogP contribution in [0.25, 0.3) is 0 Å². The minimum Gasteiger partial charge on any atom is -0.356 e. The van der Waals surface area contributed by atoms with Crippen LogP contribution in [-0.2, 0) is 4.79 Å². The Balaban J connectivity index is 3.15. The van der Waals surface area contributed by atoms with Gasteiger partial charge in [0.2, 0.25) is 5.91 Å². The average Bonchev–Trinajstić information content (AvgIpc) is 2.01. The maximum absolute atomic E-state index is 10.9. The maximum atomic E-state index is 10.9. The van der Waals surface area contributed by atoms with Crippen molar-refractivity contribution in [1.29, 1.82) is 0 Å². The quantitative estimate of drug-likeness (QED) is 0.372. The number of nitrogens with one attached hydrogen (secondary N) is 1. The van der Waals surface area contributed by atoms with Crippen LogP contribution in [0.2, 0.25) is 0 Å². The van der Waals surface area contributed by atoms with E-state index in [-0.39, 0.29) is 5.91 Å². The Labute approximate surface area is 72.6 Å². The minimum atomic E-state index is 0.0764. The lowest BCUT2D eigenvalue weighted by molar-refractivity contribution is -0.121. The molecule has 0 aromatic heterocycles. The van der Waals surface area contributed by atoms with E-state index in [1.54, 1.807) is 6.08 Å². The van der Waals surface area contributed by atoms with Gasteiger partial charge in [-0.15, -0.1) is 18.2 Å². The average molecular weight is 176 g/mol. The fraction of sp³-hybridized carbons (Fsp3) is 0.625. The van der Waals surface area contributed by atoms with E-state index >= 15 is 0 Å². The van der Waals surface area contributed by atoms with Crippen LogP contribution in [0.15, 0.2) is 12.7 Å². The van der Waals surface area contributed by atoms with Crippen molar-refractivity contribution in [1.82, 2.24) is 5.32 Å². The molecule has 0 radical (unpaired) electrons. The highest BCUT2D eigenvalue weighted by atomic mass is 35.5. The number of hydrogen-bond acceptors (Lipinski definition) is 1. The van der Waals surface area contributed by atoms with Crippen molar-refractivity contribution in [2.75, 3.05) is 12.4 Å². The van der Waals surface area contributed by atoms with Gasteiger partial charge < -0.3 is 5.32 Å². The molecule has 0 heterocycles. The van der Waals surface area contributed by atoms with Crippen LogP contribution in [0.4, 0.5) is 0 Å².